The van der Waals surface area contributed by atoms with Gasteiger partial charge in [-0.05, 0) is 43.9 Å². The molecule has 2 aliphatic rings. The number of benzene rings is 1. The Hall–Kier alpha value is -2.37. The Morgan fingerprint density at radius 3 is 2.89 bits per heavy atom. The fourth-order valence-corrected chi connectivity index (χ4v) is 4.26. The van der Waals surface area contributed by atoms with Crippen LogP contribution in [-0.2, 0) is 11.2 Å². The summed E-state index contributed by atoms with van der Waals surface area (Å²) in [6.45, 7) is 1.28. The van der Waals surface area contributed by atoms with Crippen LogP contribution in [0.2, 0.25) is 0 Å². The third-order valence-electron chi connectivity index (χ3n) is 5.67. The Balaban J connectivity index is 1.34. The smallest absolute Gasteiger partial charge is 0.226 e. The minimum Gasteiger partial charge on any atom is -0.493 e. The van der Waals surface area contributed by atoms with Gasteiger partial charge in [-0.25, -0.2) is 4.39 Å². The maximum Gasteiger partial charge on any atom is 0.226 e. The summed E-state index contributed by atoms with van der Waals surface area (Å²) in [5.74, 6) is 0.751. The molecule has 144 valence electrons. The lowest BCUT2D eigenvalue weighted by Crippen LogP contribution is -2.35. The molecule has 5 nitrogen and oxygen atoms in total. The van der Waals surface area contributed by atoms with E-state index in [1.54, 1.807) is 12.1 Å². The van der Waals surface area contributed by atoms with Gasteiger partial charge < -0.3 is 9.64 Å². The zero-order chi connectivity index (χ0) is 18.6. The molecule has 1 saturated carbocycles. The maximum absolute atomic E-state index is 13.2. The Labute approximate surface area is 158 Å². The molecule has 27 heavy (non-hydrogen) atoms. The molecule has 1 N–H and O–H groups in total. The summed E-state index contributed by atoms with van der Waals surface area (Å²) in [6, 6.07) is 8.28. The van der Waals surface area contributed by atoms with E-state index in [0.717, 1.165) is 43.6 Å². The van der Waals surface area contributed by atoms with Gasteiger partial charge in [-0.3, -0.25) is 9.89 Å². The van der Waals surface area contributed by atoms with Crippen molar-refractivity contribution in [2.45, 2.75) is 51.0 Å². The normalized spacial score (nSPS) is 20.3. The molecule has 4 rings (SSSR count). The third kappa shape index (κ3) is 4.15. The lowest BCUT2D eigenvalue weighted by molar-refractivity contribution is -0.136. The van der Waals surface area contributed by atoms with E-state index in [9.17, 15) is 9.18 Å². The summed E-state index contributed by atoms with van der Waals surface area (Å²) in [4.78, 5) is 14.9. The largest absolute Gasteiger partial charge is 0.493 e. The summed E-state index contributed by atoms with van der Waals surface area (Å²) in [6.07, 6.45) is 7.08. The van der Waals surface area contributed by atoms with Crippen molar-refractivity contribution in [2.75, 3.05) is 13.2 Å². The van der Waals surface area contributed by atoms with Crippen molar-refractivity contribution in [3.05, 3.63) is 47.5 Å². The summed E-state index contributed by atoms with van der Waals surface area (Å²) >= 11 is 0. The number of H-pyrrole nitrogens is 1. The van der Waals surface area contributed by atoms with E-state index in [1.165, 1.54) is 25.0 Å². The molecule has 6 heteroatoms. The van der Waals surface area contributed by atoms with Crippen molar-refractivity contribution in [2.24, 2.45) is 5.92 Å². The molecule has 1 aliphatic carbocycles. The summed E-state index contributed by atoms with van der Waals surface area (Å²) < 4.78 is 18.8. The van der Waals surface area contributed by atoms with Crippen molar-refractivity contribution in [1.29, 1.82) is 0 Å². The standard InChI is InChI=1S/C21H26FN3O2/c22-16-7-3-8-18(13-16)27-12-10-17-14-19(24-23-17)20-9-4-11-25(20)21(26)15-5-1-2-6-15/h3,7-8,13-15,20H,1-2,4-6,9-12H2,(H,23,24). The van der Waals surface area contributed by atoms with Crippen LogP contribution in [0.5, 0.6) is 5.75 Å². The van der Waals surface area contributed by atoms with Crippen LogP contribution in [0.25, 0.3) is 0 Å². The quantitative estimate of drug-likeness (QED) is 0.834. The molecule has 2 aromatic rings. The van der Waals surface area contributed by atoms with Crippen LogP contribution in [0.3, 0.4) is 0 Å². The molecule has 1 amide bonds. The highest BCUT2D eigenvalue weighted by Crippen LogP contribution is 2.35. The van der Waals surface area contributed by atoms with Crippen LogP contribution in [0.4, 0.5) is 4.39 Å². The number of aromatic amines is 1. The van der Waals surface area contributed by atoms with E-state index in [-0.39, 0.29) is 17.8 Å². The molecule has 0 radical (unpaired) electrons. The number of nitrogens with one attached hydrogen (secondary N) is 1. The molecular formula is C21H26FN3O2. The molecule has 2 fully saturated rings. The number of amides is 1. The highest BCUT2D eigenvalue weighted by atomic mass is 19.1. The minimum atomic E-state index is -0.301. The molecule has 1 aliphatic heterocycles. The number of hydrogen-bond donors (Lipinski definition) is 1. The fraction of sp³-hybridized carbons (Fsp3) is 0.524. The van der Waals surface area contributed by atoms with Crippen molar-refractivity contribution < 1.29 is 13.9 Å². The molecule has 1 unspecified atom stereocenters. The van der Waals surface area contributed by atoms with Gasteiger partial charge in [0, 0.05) is 30.6 Å². The van der Waals surface area contributed by atoms with Gasteiger partial charge in [0.2, 0.25) is 5.91 Å². The first-order chi connectivity index (χ1) is 13.2. The van der Waals surface area contributed by atoms with E-state index in [4.69, 9.17) is 4.74 Å². The number of rotatable bonds is 6. The number of ether oxygens (including phenoxy) is 1. The number of halogens is 1. The van der Waals surface area contributed by atoms with Gasteiger partial charge >= 0.3 is 0 Å². The van der Waals surface area contributed by atoms with Crippen LogP contribution >= 0.6 is 0 Å². The Morgan fingerprint density at radius 1 is 1.22 bits per heavy atom. The van der Waals surface area contributed by atoms with E-state index in [0.29, 0.717) is 24.7 Å². The number of carbonyl (C=O) groups excluding carboxylic acids is 1. The highest BCUT2D eigenvalue weighted by Gasteiger charge is 2.36. The average molecular weight is 371 g/mol. The van der Waals surface area contributed by atoms with Crippen molar-refractivity contribution >= 4 is 5.91 Å². The van der Waals surface area contributed by atoms with Crippen LogP contribution in [0.15, 0.2) is 30.3 Å². The van der Waals surface area contributed by atoms with Crippen LogP contribution in [0, 0.1) is 11.7 Å². The van der Waals surface area contributed by atoms with Crippen LogP contribution in [0.1, 0.15) is 56.0 Å². The van der Waals surface area contributed by atoms with E-state index < -0.39 is 0 Å². The van der Waals surface area contributed by atoms with Crippen molar-refractivity contribution in [3.8, 4) is 5.75 Å². The SMILES string of the molecule is O=C(C1CCCC1)N1CCCC1c1cc(CCOc2cccc(F)c2)[nH]n1. The van der Waals surface area contributed by atoms with Gasteiger partial charge in [-0.15, -0.1) is 0 Å². The molecule has 1 saturated heterocycles. The molecule has 0 spiro atoms. The minimum absolute atomic E-state index is 0.0900. The second-order valence-electron chi connectivity index (χ2n) is 7.54. The van der Waals surface area contributed by atoms with Gasteiger partial charge in [0.1, 0.15) is 11.6 Å². The molecule has 1 aromatic carbocycles. The molecule has 1 aromatic heterocycles. The Morgan fingerprint density at radius 2 is 2.07 bits per heavy atom. The summed E-state index contributed by atoms with van der Waals surface area (Å²) in [5, 5.41) is 7.53. The predicted molar refractivity (Wildman–Crippen MR) is 99.8 cm³/mol. The number of nitrogens with zero attached hydrogens (tertiary/aromatic N) is 2. The number of hydrogen-bond acceptors (Lipinski definition) is 3. The Bertz CT molecular complexity index is 785. The van der Waals surface area contributed by atoms with Gasteiger partial charge in [0.15, 0.2) is 0 Å². The van der Waals surface area contributed by atoms with Gasteiger partial charge in [-0.2, -0.15) is 5.10 Å². The molecule has 2 heterocycles. The topological polar surface area (TPSA) is 58.2 Å². The first kappa shape index (κ1) is 18.0. The summed E-state index contributed by atoms with van der Waals surface area (Å²) in [7, 11) is 0. The second kappa shape index (κ2) is 8.11. The first-order valence-corrected chi connectivity index (χ1v) is 9.94. The van der Waals surface area contributed by atoms with Gasteiger partial charge in [0.05, 0.1) is 18.3 Å². The lowest BCUT2D eigenvalue weighted by atomic mass is 10.0. The molecule has 1 atom stereocenters. The average Bonchev–Trinajstić information content (AvgIpc) is 3.42. The van der Waals surface area contributed by atoms with E-state index >= 15 is 0 Å². The Kier molecular flexibility index (Phi) is 5.41. The van der Waals surface area contributed by atoms with Crippen LogP contribution in [-0.4, -0.2) is 34.2 Å². The van der Waals surface area contributed by atoms with E-state index in [2.05, 4.69) is 10.2 Å². The summed E-state index contributed by atoms with van der Waals surface area (Å²) in [5.41, 5.74) is 1.92. The zero-order valence-corrected chi connectivity index (χ0v) is 15.5. The van der Waals surface area contributed by atoms with Crippen molar-refractivity contribution in [3.63, 3.8) is 0 Å². The van der Waals surface area contributed by atoms with Crippen LogP contribution < -0.4 is 4.74 Å². The van der Waals surface area contributed by atoms with Gasteiger partial charge in [0.25, 0.3) is 0 Å². The number of aromatic nitrogens is 2. The van der Waals surface area contributed by atoms with Crippen molar-refractivity contribution in [1.82, 2.24) is 15.1 Å². The maximum atomic E-state index is 13.2. The monoisotopic (exact) mass is 371 g/mol. The highest BCUT2D eigenvalue weighted by molar-refractivity contribution is 5.79. The zero-order valence-electron chi connectivity index (χ0n) is 15.5. The number of likely N-dealkylation sites (tertiary alicyclic amines) is 1. The first-order valence-electron chi connectivity index (χ1n) is 9.94. The predicted octanol–water partition coefficient (Wildman–Crippen LogP) is 4.02. The number of carbonyl (C=O) groups is 1. The lowest BCUT2D eigenvalue weighted by Gasteiger charge is -2.26. The van der Waals surface area contributed by atoms with E-state index in [1.807, 2.05) is 11.0 Å². The third-order valence-corrected chi connectivity index (χ3v) is 5.67. The molecule has 0 bridgehead atoms. The van der Waals surface area contributed by atoms with Gasteiger partial charge in [-0.1, -0.05) is 18.9 Å². The fourth-order valence-electron chi connectivity index (χ4n) is 4.26. The molecular weight excluding hydrogens is 345 g/mol. The second-order valence-corrected chi connectivity index (χ2v) is 7.54.